The van der Waals surface area contributed by atoms with E-state index in [2.05, 4.69) is 17.2 Å². The molecule has 16 heavy (non-hydrogen) atoms. The number of nitrogens with zero attached hydrogens (tertiary/aromatic N) is 1. The summed E-state index contributed by atoms with van der Waals surface area (Å²) in [5.41, 5.74) is 1.23. The van der Waals surface area contributed by atoms with Gasteiger partial charge in [-0.1, -0.05) is 6.92 Å². The fourth-order valence-electron chi connectivity index (χ4n) is 1.92. The van der Waals surface area contributed by atoms with Gasteiger partial charge in [0.25, 0.3) is 0 Å². The summed E-state index contributed by atoms with van der Waals surface area (Å²) in [7, 11) is 1.65. The van der Waals surface area contributed by atoms with Crippen molar-refractivity contribution < 1.29 is 4.74 Å². The molecule has 0 radical (unpaired) electrons. The van der Waals surface area contributed by atoms with E-state index in [1.54, 1.807) is 13.3 Å². The lowest BCUT2D eigenvalue weighted by Crippen LogP contribution is -2.32. The normalized spacial score (nSPS) is 24.6. The second-order valence-electron chi connectivity index (χ2n) is 4.06. The first-order chi connectivity index (χ1) is 7.79. The Bertz CT molecular complexity index is 346. The molecule has 1 aliphatic rings. The summed E-state index contributed by atoms with van der Waals surface area (Å²) in [4.78, 5) is 4.10. The first-order valence-electron chi connectivity index (χ1n) is 5.63. The van der Waals surface area contributed by atoms with Crippen LogP contribution in [0, 0.1) is 0 Å². The Morgan fingerprint density at radius 1 is 1.62 bits per heavy atom. The molecule has 2 rings (SSSR count). The first-order valence-corrected chi connectivity index (χ1v) is 6.68. The van der Waals surface area contributed by atoms with Gasteiger partial charge in [0, 0.05) is 30.1 Å². The average molecular weight is 238 g/mol. The predicted octanol–water partition coefficient (Wildman–Crippen LogP) is 2.07. The van der Waals surface area contributed by atoms with E-state index >= 15 is 0 Å². The molecule has 0 saturated carbocycles. The van der Waals surface area contributed by atoms with Gasteiger partial charge in [-0.3, -0.25) is 0 Å². The number of aromatic nitrogens is 1. The van der Waals surface area contributed by atoms with Crippen LogP contribution in [-0.2, 0) is 6.54 Å². The highest BCUT2D eigenvalue weighted by Crippen LogP contribution is 2.26. The minimum Gasteiger partial charge on any atom is -0.481 e. The van der Waals surface area contributed by atoms with Crippen LogP contribution in [0.4, 0.5) is 0 Å². The molecule has 3 nitrogen and oxygen atoms in total. The maximum absolute atomic E-state index is 5.10. The number of rotatable bonds is 4. The van der Waals surface area contributed by atoms with Gasteiger partial charge in [0.2, 0.25) is 5.88 Å². The largest absolute Gasteiger partial charge is 0.481 e. The Kier molecular flexibility index (Phi) is 4.07. The van der Waals surface area contributed by atoms with Gasteiger partial charge in [0.15, 0.2) is 0 Å². The number of hydrogen-bond acceptors (Lipinski definition) is 4. The Balaban J connectivity index is 1.88. The average Bonchev–Trinajstić information content (AvgIpc) is 2.72. The molecule has 1 N–H and O–H groups in total. The lowest BCUT2D eigenvalue weighted by Gasteiger charge is -2.16. The monoisotopic (exact) mass is 238 g/mol. The van der Waals surface area contributed by atoms with E-state index in [0.29, 0.717) is 11.9 Å². The predicted molar refractivity (Wildman–Crippen MR) is 68.0 cm³/mol. The van der Waals surface area contributed by atoms with Crippen molar-refractivity contribution in [2.75, 3.05) is 12.9 Å². The third-order valence-corrected chi connectivity index (χ3v) is 4.28. The highest BCUT2D eigenvalue weighted by Gasteiger charge is 2.22. The van der Waals surface area contributed by atoms with Gasteiger partial charge in [-0.15, -0.1) is 0 Å². The molecule has 0 aliphatic carbocycles. The van der Waals surface area contributed by atoms with E-state index in [-0.39, 0.29) is 0 Å². The van der Waals surface area contributed by atoms with Crippen LogP contribution in [0.5, 0.6) is 5.88 Å². The molecule has 2 heterocycles. The van der Waals surface area contributed by atoms with Crippen LogP contribution in [0.2, 0.25) is 0 Å². The summed E-state index contributed by atoms with van der Waals surface area (Å²) >= 11 is 2.05. The van der Waals surface area contributed by atoms with E-state index < -0.39 is 0 Å². The lowest BCUT2D eigenvalue weighted by atomic mass is 10.1. The molecule has 0 amide bonds. The molecular weight excluding hydrogens is 220 g/mol. The van der Waals surface area contributed by atoms with Crippen molar-refractivity contribution >= 4 is 11.8 Å². The lowest BCUT2D eigenvalue weighted by molar-refractivity contribution is 0.396. The van der Waals surface area contributed by atoms with Crippen molar-refractivity contribution in [1.29, 1.82) is 0 Å². The maximum Gasteiger partial charge on any atom is 0.213 e. The zero-order valence-corrected chi connectivity index (χ0v) is 10.6. The Morgan fingerprint density at radius 2 is 2.50 bits per heavy atom. The Morgan fingerprint density at radius 3 is 3.19 bits per heavy atom. The Labute approximate surface area is 101 Å². The molecule has 4 heteroatoms. The van der Waals surface area contributed by atoms with Crippen molar-refractivity contribution in [2.45, 2.75) is 31.2 Å². The quantitative estimate of drug-likeness (QED) is 0.871. The van der Waals surface area contributed by atoms with Crippen LogP contribution in [0.15, 0.2) is 18.3 Å². The summed E-state index contributed by atoms with van der Waals surface area (Å²) in [5.74, 6) is 1.96. The van der Waals surface area contributed by atoms with Gasteiger partial charge in [-0.25, -0.2) is 4.98 Å². The van der Waals surface area contributed by atoms with E-state index in [4.69, 9.17) is 4.74 Å². The van der Waals surface area contributed by atoms with E-state index in [0.717, 1.165) is 11.8 Å². The highest BCUT2D eigenvalue weighted by molar-refractivity contribution is 8.00. The van der Waals surface area contributed by atoms with Gasteiger partial charge < -0.3 is 10.1 Å². The molecule has 2 unspecified atom stereocenters. The van der Waals surface area contributed by atoms with Gasteiger partial charge in [-0.05, 0) is 23.8 Å². The molecule has 2 atom stereocenters. The zero-order chi connectivity index (χ0) is 11.4. The molecule has 88 valence electrons. The van der Waals surface area contributed by atoms with Crippen molar-refractivity contribution in [3.8, 4) is 5.88 Å². The molecule has 1 aromatic rings. The fourth-order valence-corrected chi connectivity index (χ4v) is 3.15. The van der Waals surface area contributed by atoms with Gasteiger partial charge in [0.1, 0.15) is 0 Å². The maximum atomic E-state index is 5.10. The summed E-state index contributed by atoms with van der Waals surface area (Å²) in [6, 6.07) is 4.66. The number of hydrogen-bond donors (Lipinski definition) is 1. The third-order valence-electron chi connectivity index (χ3n) is 2.95. The number of ether oxygens (including phenoxy) is 1. The van der Waals surface area contributed by atoms with Crippen molar-refractivity contribution in [2.24, 2.45) is 0 Å². The fraction of sp³-hybridized carbons (Fsp3) is 0.583. The minimum absolute atomic E-state index is 0.643. The SMILES string of the molecule is COc1cc(CNC2CCSC2C)ccn1. The van der Waals surface area contributed by atoms with Crippen molar-refractivity contribution in [1.82, 2.24) is 10.3 Å². The van der Waals surface area contributed by atoms with E-state index in [1.165, 1.54) is 17.7 Å². The summed E-state index contributed by atoms with van der Waals surface area (Å²) in [5, 5.41) is 4.32. The molecule has 0 bridgehead atoms. The van der Waals surface area contributed by atoms with Gasteiger partial charge >= 0.3 is 0 Å². The van der Waals surface area contributed by atoms with Crippen LogP contribution in [0.1, 0.15) is 18.9 Å². The Hall–Kier alpha value is -0.740. The summed E-state index contributed by atoms with van der Waals surface area (Å²) < 4.78 is 5.10. The second kappa shape index (κ2) is 5.55. The molecule has 1 aromatic heterocycles. The van der Waals surface area contributed by atoms with Gasteiger partial charge in [-0.2, -0.15) is 11.8 Å². The smallest absolute Gasteiger partial charge is 0.213 e. The van der Waals surface area contributed by atoms with Crippen LogP contribution in [0.3, 0.4) is 0 Å². The molecule has 0 spiro atoms. The third kappa shape index (κ3) is 2.89. The molecule has 1 aliphatic heterocycles. The van der Waals surface area contributed by atoms with Crippen molar-refractivity contribution in [3.05, 3.63) is 23.9 Å². The first kappa shape index (κ1) is 11.7. The number of pyridine rings is 1. The summed E-state index contributed by atoms with van der Waals surface area (Å²) in [6.07, 6.45) is 3.07. The molecular formula is C12H18N2OS. The van der Waals surface area contributed by atoms with Crippen LogP contribution in [0.25, 0.3) is 0 Å². The zero-order valence-electron chi connectivity index (χ0n) is 9.77. The standard InChI is InChI=1S/C12H18N2OS/c1-9-11(4-6-16-9)14-8-10-3-5-13-12(7-10)15-2/h3,5,7,9,11,14H,4,6,8H2,1-2H3. The molecule has 1 saturated heterocycles. The number of methoxy groups -OCH3 is 1. The van der Waals surface area contributed by atoms with E-state index in [1.807, 2.05) is 23.9 Å². The van der Waals surface area contributed by atoms with Crippen LogP contribution < -0.4 is 10.1 Å². The van der Waals surface area contributed by atoms with Crippen LogP contribution in [-0.4, -0.2) is 29.1 Å². The molecule has 0 aromatic carbocycles. The minimum atomic E-state index is 0.643. The molecule has 1 fully saturated rings. The number of thioether (sulfide) groups is 1. The highest BCUT2D eigenvalue weighted by atomic mass is 32.2. The summed E-state index contributed by atoms with van der Waals surface area (Å²) in [6.45, 7) is 3.19. The second-order valence-corrected chi connectivity index (χ2v) is 5.54. The van der Waals surface area contributed by atoms with Gasteiger partial charge in [0.05, 0.1) is 7.11 Å². The van der Waals surface area contributed by atoms with Crippen LogP contribution >= 0.6 is 11.8 Å². The van der Waals surface area contributed by atoms with E-state index in [9.17, 15) is 0 Å². The topological polar surface area (TPSA) is 34.1 Å². The van der Waals surface area contributed by atoms with Crippen molar-refractivity contribution in [3.63, 3.8) is 0 Å². The number of nitrogens with one attached hydrogen (secondary N) is 1.